The Bertz CT molecular complexity index is 553. The largest absolute Gasteiger partial charge is 0.297 e. The molecular weight excluding hydrogens is 316 g/mol. The molecule has 0 radical (unpaired) electrons. The number of thioether (sulfide) groups is 1. The van der Waals surface area contributed by atoms with Gasteiger partial charge in [-0.15, -0.1) is 0 Å². The van der Waals surface area contributed by atoms with Crippen LogP contribution in [0.25, 0.3) is 0 Å². The van der Waals surface area contributed by atoms with Crippen molar-refractivity contribution in [1.82, 2.24) is 19.8 Å². The molecule has 0 spiro atoms. The molecule has 4 nitrogen and oxygen atoms in total. The minimum absolute atomic E-state index is 0.704. The molecule has 4 heterocycles. The molecule has 1 aromatic rings. The van der Waals surface area contributed by atoms with E-state index in [-0.39, 0.29) is 0 Å². The summed E-state index contributed by atoms with van der Waals surface area (Å²) in [5.41, 5.74) is 2.67. The highest BCUT2D eigenvalue weighted by atomic mass is 32.2. The second-order valence-electron chi connectivity index (χ2n) is 7.33. The number of hydrogen-bond acceptors (Lipinski definition) is 5. The van der Waals surface area contributed by atoms with E-state index < -0.39 is 0 Å². The van der Waals surface area contributed by atoms with Gasteiger partial charge in [-0.05, 0) is 38.4 Å². The van der Waals surface area contributed by atoms with Crippen LogP contribution in [0.15, 0.2) is 29.2 Å². The lowest BCUT2D eigenvalue weighted by molar-refractivity contribution is 0.146. The van der Waals surface area contributed by atoms with Gasteiger partial charge in [-0.3, -0.25) is 9.80 Å². The molecule has 0 N–H and O–H groups in total. The van der Waals surface area contributed by atoms with Gasteiger partial charge in [-0.1, -0.05) is 30.3 Å². The van der Waals surface area contributed by atoms with Gasteiger partial charge in [-0.2, -0.15) is 0 Å². The quantitative estimate of drug-likeness (QED) is 0.447. The van der Waals surface area contributed by atoms with Crippen molar-refractivity contribution in [2.75, 3.05) is 31.9 Å². The third-order valence-electron chi connectivity index (χ3n) is 5.00. The van der Waals surface area contributed by atoms with Crippen LogP contribution in [0.1, 0.15) is 39.2 Å². The first-order chi connectivity index (χ1) is 11.6. The number of aromatic nitrogens is 2. The summed E-state index contributed by atoms with van der Waals surface area (Å²) < 4.78 is 0. The minimum Gasteiger partial charge on any atom is -0.297 e. The second-order valence-corrected chi connectivity index (χ2v) is 8.56. The molecule has 2 atom stereocenters. The van der Waals surface area contributed by atoms with Crippen LogP contribution in [0, 0.1) is 5.92 Å². The van der Waals surface area contributed by atoms with Gasteiger partial charge < -0.3 is 0 Å². The average Bonchev–Trinajstić information content (AvgIpc) is 2.85. The molecule has 0 saturated carbocycles. The first-order valence-corrected chi connectivity index (χ1v) is 10.2. The van der Waals surface area contributed by atoms with Crippen molar-refractivity contribution in [1.29, 1.82) is 0 Å². The molecule has 3 aliphatic rings. The molecule has 0 aliphatic carbocycles. The van der Waals surface area contributed by atoms with Crippen molar-refractivity contribution in [3.8, 4) is 0 Å². The minimum atomic E-state index is 0.704. The maximum atomic E-state index is 4.48. The molecule has 3 fully saturated rings. The number of piperidine rings is 1. The molecule has 0 unspecified atom stereocenters. The molecule has 24 heavy (non-hydrogen) atoms. The van der Waals surface area contributed by atoms with E-state index in [2.05, 4.69) is 46.6 Å². The molecule has 3 saturated heterocycles. The molecule has 2 bridgehead atoms. The van der Waals surface area contributed by atoms with Gasteiger partial charge in [0.2, 0.25) is 0 Å². The van der Waals surface area contributed by atoms with Crippen LogP contribution in [-0.4, -0.2) is 57.7 Å². The monoisotopic (exact) mass is 346 g/mol. The Morgan fingerprint density at radius 3 is 2.71 bits per heavy atom. The number of allylic oxidation sites excluding steroid dienone is 1. The second kappa shape index (κ2) is 8.45. The van der Waals surface area contributed by atoms with Crippen LogP contribution in [0.5, 0.6) is 0 Å². The highest BCUT2D eigenvalue weighted by molar-refractivity contribution is 7.99. The van der Waals surface area contributed by atoms with E-state index in [0.29, 0.717) is 6.04 Å². The van der Waals surface area contributed by atoms with Crippen LogP contribution in [0.4, 0.5) is 0 Å². The summed E-state index contributed by atoms with van der Waals surface area (Å²) in [7, 11) is 0. The molecule has 1 aromatic heterocycles. The Balaban J connectivity index is 1.60. The van der Waals surface area contributed by atoms with Crippen molar-refractivity contribution >= 4 is 11.8 Å². The third kappa shape index (κ3) is 4.80. The van der Waals surface area contributed by atoms with Crippen molar-refractivity contribution < 1.29 is 0 Å². The zero-order chi connectivity index (χ0) is 16.9. The smallest absolute Gasteiger partial charge is 0.187 e. The lowest BCUT2D eigenvalue weighted by atomic mass is 9.95. The fraction of sp³-hybridized carbons (Fsp3) is 0.684. The number of fused-ring (bicyclic) bond motifs is 4. The van der Waals surface area contributed by atoms with E-state index in [0.717, 1.165) is 29.9 Å². The lowest BCUT2D eigenvalue weighted by Crippen LogP contribution is -2.43. The topological polar surface area (TPSA) is 32.3 Å². The molecular formula is C19H30N4S. The summed E-state index contributed by atoms with van der Waals surface area (Å²) in [5, 5.41) is 0.894. The number of rotatable bonds is 6. The Labute approximate surface area is 150 Å². The molecule has 3 aliphatic heterocycles. The molecule has 132 valence electrons. The highest BCUT2D eigenvalue weighted by Crippen LogP contribution is 2.28. The summed E-state index contributed by atoms with van der Waals surface area (Å²) in [5.74, 6) is 1.83. The molecule has 4 rings (SSSR count). The van der Waals surface area contributed by atoms with E-state index in [4.69, 9.17) is 0 Å². The predicted octanol–water partition coefficient (Wildman–Crippen LogP) is 3.45. The van der Waals surface area contributed by atoms with Crippen molar-refractivity contribution in [2.45, 2.75) is 51.4 Å². The van der Waals surface area contributed by atoms with Crippen LogP contribution >= 0.6 is 11.8 Å². The summed E-state index contributed by atoms with van der Waals surface area (Å²) in [6, 6.07) is 0.704. The van der Waals surface area contributed by atoms with Crippen molar-refractivity contribution in [3.05, 3.63) is 29.6 Å². The van der Waals surface area contributed by atoms with Gasteiger partial charge in [0.25, 0.3) is 0 Å². The molecule has 0 amide bonds. The summed E-state index contributed by atoms with van der Waals surface area (Å²) in [6.45, 7) is 12.3. The van der Waals surface area contributed by atoms with Gasteiger partial charge in [0, 0.05) is 56.7 Å². The van der Waals surface area contributed by atoms with Gasteiger partial charge in [0.05, 0.1) is 0 Å². The number of hydrogen-bond donors (Lipinski definition) is 0. The van der Waals surface area contributed by atoms with E-state index in [9.17, 15) is 0 Å². The first-order valence-electron chi connectivity index (χ1n) is 9.17. The maximum Gasteiger partial charge on any atom is 0.187 e. The normalized spacial score (nSPS) is 24.8. The zero-order valence-corrected chi connectivity index (χ0v) is 16.1. The van der Waals surface area contributed by atoms with Gasteiger partial charge in [0.15, 0.2) is 5.16 Å². The molecule has 5 heteroatoms. The Hall–Kier alpha value is -0.910. The maximum absolute atomic E-state index is 4.48. The standard InChI is InChI=1S/C19H30N4S/c1-4-24-19-20-9-17(10-21-19)12-22-11-16-5-6-18(14-22)23(13-16)8-7-15(2)3/h7,9-10,16,18H,4-6,8,11-14H2,1-3H3/t16-,18+/m0/s1. The SMILES string of the molecule is CCSc1ncc(CN2C[C@@H]3CC[C@H](C2)N(CC=C(C)C)C3)cn1. The fourth-order valence-electron chi connectivity index (χ4n) is 3.82. The Kier molecular flexibility index (Phi) is 6.31. The fourth-order valence-corrected chi connectivity index (χ4v) is 4.33. The van der Waals surface area contributed by atoms with Gasteiger partial charge in [0.1, 0.15) is 0 Å². The predicted molar refractivity (Wildman–Crippen MR) is 101 cm³/mol. The Morgan fingerprint density at radius 2 is 2.00 bits per heavy atom. The van der Waals surface area contributed by atoms with Crippen LogP contribution in [0.3, 0.4) is 0 Å². The third-order valence-corrected chi connectivity index (χ3v) is 5.76. The first kappa shape index (κ1) is 17.9. The van der Waals surface area contributed by atoms with E-state index in [1.54, 1.807) is 11.8 Å². The Morgan fingerprint density at radius 1 is 1.21 bits per heavy atom. The van der Waals surface area contributed by atoms with Crippen LogP contribution in [-0.2, 0) is 6.54 Å². The van der Waals surface area contributed by atoms with Crippen molar-refractivity contribution in [3.63, 3.8) is 0 Å². The van der Waals surface area contributed by atoms with E-state index in [1.165, 1.54) is 43.6 Å². The van der Waals surface area contributed by atoms with Crippen molar-refractivity contribution in [2.24, 2.45) is 5.92 Å². The van der Waals surface area contributed by atoms with Crippen LogP contribution in [0.2, 0.25) is 0 Å². The zero-order valence-electron chi connectivity index (χ0n) is 15.2. The lowest BCUT2D eigenvalue weighted by Gasteiger charge is -2.35. The van der Waals surface area contributed by atoms with Gasteiger partial charge >= 0.3 is 0 Å². The molecule has 0 aromatic carbocycles. The summed E-state index contributed by atoms with van der Waals surface area (Å²) >= 11 is 1.70. The highest BCUT2D eigenvalue weighted by Gasteiger charge is 2.34. The summed E-state index contributed by atoms with van der Waals surface area (Å²) in [6.07, 6.45) is 9.13. The summed E-state index contributed by atoms with van der Waals surface area (Å²) in [4.78, 5) is 14.3. The number of nitrogens with zero attached hydrogens (tertiary/aromatic N) is 4. The van der Waals surface area contributed by atoms with E-state index >= 15 is 0 Å². The average molecular weight is 347 g/mol. The van der Waals surface area contributed by atoms with E-state index in [1.807, 2.05) is 12.4 Å². The van der Waals surface area contributed by atoms with Gasteiger partial charge in [-0.25, -0.2) is 9.97 Å². The van der Waals surface area contributed by atoms with Crippen LogP contribution < -0.4 is 0 Å².